The van der Waals surface area contributed by atoms with Crippen molar-refractivity contribution in [2.75, 3.05) is 52.0 Å². The van der Waals surface area contributed by atoms with E-state index in [9.17, 15) is 18.0 Å². The van der Waals surface area contributed by atoms with Crippen molar-refractivity contribution in [1.29, 1.82) is 0 Å². The number of nitrogen functional groups attached to an aromatic ring is 1. The fourth-order valence-corrected chi connectivity index (χ4v) is 4.48. The summed E-state index contributed by atoms with van der Waals surface area (Å²) >= 11 is 5.87. The van der Waals surface area contributed by atoms with Gasteiger partial charge in [0.05, 0.1) is 22.3 Å². The SMILES string of the molecule is CN1CCN(C2CCN(C(=O)[C@H](N)Cc3cc(Cl)c(N)c(C(F)(F)F)c3)CC2)CC1. The van der Waals surface area contributed by atoms with Gasteiger partial charge in [0.1, 0.15) is 0 Å². The summed E-state index contributed by atoms with van der Waals surface area (Å²) < 4.78 is 39.5. The van der Waals surface area contributed by atoms with E-state index in [1.165, 1.54) is 6.07 Å². The van der Waals surface area contributed by atoms with Crippen LogP contribution < -0.4 is 11.5 Å². The van der Waals surface area contributed by atoms with Crippen LogP contribution in [0.5, 0.6) is 0 Å². The summed E-state index contributed by atoms with van der Waals surface area (Å²) in [5.41, 5.74) is 10.2. The molecule has 0 aliphatic carbocycles. The molecule has 2 aliphatic heterocycles. The topological polar surface area (TPSA) is 78.8 Å². The number of amides is 1. The molecule has 4 N–H and O–H groups in total. The van der Waals surface area contributed by atoms with Crippen LogP contribution in [0, 0.1) is 0 Å². The predicted molar refractivity (Wildman–Crippen MR) is 111 cm³/mol. The van der Waals surface area contributed by atoms with Crippen molar-refractivity contribution in [3.8, 4) is 0 Å². The third-order valence-corrected chi connectivity index (χ3v) is 6.41. The van der Waals surface area contributed by atoms with Gasteiger partial charge in [-0.2, -0.15) is 13.2 Å². The van der Waals surface area contributed by atoms with Gasteiger partial charge in [-0.05, 0) is 44.0 Å². The molecule has 1 amide bonds. The minimum absolute atomic E-state index is 0.0275. The number of carbonyl (C=O) groups is 1. The van der Waals surface area contributed by atoms with Crippen LogP contribution in [-0.2, 0) is 17.4 Å². The molecule has 2 heterocycles. The highest BCUT2D eigenvalue weighted by atomic mass is 35.5. The molecule has 2 aliphatic rings. The Kier molecular flexibility index (Phi) is 7.16. The fourth-order valence-electron chi connectivity index (χ4n) is 4.24. The average molecular weight is 448 g/mol. The molecule has 10 heteroatoms. The minimum Gasteiger partial charge on any atom is -0.397 e. The van der Waals surface area contributed by atoms with Crippen LogP contribution >= 0.6 is 11.6 Å². The Hall–Kier alpha value is -1.55. The molecule has 30 heavy (non-hydrogen) atoms. The number of hydrogen-bond acceptors (Lipinski definition) is 5. The lowest BCUT2D eigenvalue weighted by Gasteiger charge is -2.42. The van der Waals surface area contributed by atoms with E-state index in [1.807, 2.05) is 0 Å². The summed E-state index contributed by atoms with van der Waals surface area (Å²) in [5, 5.41) is -0.188. The molecule has 168 valence electrons. The zero-order valence-corrected chi connectivity index (χ0v) is 17.8. The monoisotopic (exact) mass is 447 g/mol. The van der Waals surface area contributed by atoms with Crippen LogP contribution in [0.2, 0.25) is 5.02 Å². The van der Waals surface area contributed by atoms with Crippen molar-refractivity contribution in [2.45, 2.75) is 37.5 Å². The molecule has 0 bridgehead atoms. The fraction of sp³-hybridized carbons (Fsp3) is 0.650. The molecule has 1 aromatic carbocycles. The van der Waals surface area contributed by atoms with E-state index < -0.39 is 23.5 Å². The second-order valence-corrected chi connectivity index (χ2v) is 8.65. The van der Waals surface area contributed by atoms with Crippen molar-refractivity contribution < 1.29 is 18.0 Å². The van der Waals surface area contributed by atoms with E-state index in [0.717, 1.165) is 45.1 Å². The van der Waals surface area contributed by atoms with Gasteiger partial charge in [-0.25, -0.2) is 0 Å². The summed E-state index contributed by atoms with van der Waals surface area (Å²) in [6.45, 7) is 5.39. The third kappa shape index (κ3) is 5.38. The second kappa shape index (κ2) is 9.30. The number of rotatable bonds is 4. The molecule has 0 spiro atoms. The van der Waals surface area contributed by atoms with E-state index in [0.29, 0.717) is 19.1 Å². The number of carbonyl (C=O) groups excluding carboxylic acids is 1. The summed E-state index contributed by atoms with van der Waals surface area (Å²) in [7, 11) is 2.12. The maximum atomic E-state index is 13.2. The van der Waals surface area contributed by atoms with Crippen LogP contribution in [0.25, 0.3) is 0 Å². The number of hydrogen-bond donors (Lipinski definition) is 2. The number of likely N-dealkylation sites (N-methyl/N-ethyl adjacent to an activating group) is 1. The number of likely N-dealkylation sites (tertiary alicyclic amines) is 1. The maximum Gasteiger partial charge on any atom is 0.418 e. The Morgan fingerprint density at radius 2 is 1.77 bits per heavy atom. The number of nitrogens with two attached hydrogens (primary N) is 2. The highest BCUT2D eigenvalue weighted by Crippen LogP contribution is 2.38. The molecule has 3 rings (SSSR count). The van der Waals surface area contributed by atoms with Gasteiger partial charge >= 0.3 is 6.18 Å². The number of piperidine rings is 1. The Morgan fingerprint density at radius 3 is 2.33 bits per heavy atom. The van der Waals surface area contributed by atoms with Gasteiger partial charge in [-0.3, -0.25) is 9.69 Å². The van der Waals surface area contributed by atoms with E-state index >= 15 is 0 Å². The third-order valence-electron chi connectivity index (χ3n) is 6.10. The van der Waals surface area contributed by atoms with Gasteiger partial charge in [-0.15, -0.1) is 0 Å². The number of nitrogens with zero attached hydrogens (tertiary/aromatic N) is 3. The van der Waals surface area contributed by atoms with E-state index in [2.05, 4.69) is 16.8 Å². The number of benzene rings is 1. The number of halogens is 4. The van der Waals surface area contributed by atoms with Crippen molar-refractivity contribution in [1.82, 2.24) is 14.7 Å². The first kappa shape index (κ1) is 23.1. The Morgan fingerprint density at radius 1 is 1.17 bits per heavy atom. The first-order valence-corrected chi connectivity index (χ1v) is 10.6. The zero-order chi connectivity index (χ0) is 22.1. The van der Waals surface area contributed by atoms with Crippen molar-refractivity contribution in [3.05, 3.63) is 28.3 Å². The summed E-state index contributed by atoms with van der Waals surface area (Å²) in [4.78, 5) is 19.3. The lowest BCUT2D eigenvalue weighted by molar-refractivity contribution is -0.137. The van der Waals surface area contributed by atoms with Crippen LogP contribution in [0.3, 0.4) is 0 Å². The number of alkyl halides is 3. The van der Waals surface area contributed by atoms with Crippen molar-refractivity contribution in [2.24, 2.45) is 5.73 Å². The van der Waals surface area contributed by atoms with Crippen LogP contribution in [-0.4, -0.2) is 79.0 Å². The maximum absolute atomic E-state index is 13.2. The largest absolute Gasteiger partial charge is 0.418 e. The minimum atomic E-state index is -4.62. The molecular weight excluding hydrogens is 419 g/mol. The molecule has 0 aromatic heterocycles. The van der Waals surface area contributed by atoms with Gasteiger partial charge in [0.15, 0.2) is 0 Å². The van der Waals surface area contributed by atoms with Crippen molar-refractivity contribution in [3.63, 3.8) is 0 Å². The van der Waals surface area contributed by atoms with Crippen LogP contribution in [0.15, 0.2) is 12.1 Å². The van der Waals surface area contributed by atoms with Gasteiger partial charge in [0, 0.05) is 45.3 Å². The molecule has 6 nitrogen and oxygen atoms in total. The predicted octanol–water partition coefficient (Wildman–Crippen LogP) is 2.05. The molecule has 1 aromatic rings. The Labute approximate surface area is 179 Å². The second-order valence-electron chi connectivity index (χ2n) is 8.24. The normalized spacial score (nSPS) is 21.1. The van der Waals surface area contributed by atoms with E-state index in [4.69, 9.17) is 23.1 Å². The quantitative estimate of drug-likeness (QED) is 0.691. The van der Waals surface area contributed by atoms with E-state index in [1.54, 1.807) is 4.90 Å². The average Bonchev–Trinajstić information content (AvgIpc) is 2.70. The van der Waals surface area contributed by atoms with Gasteiger partial charge in [-0.1, -0.05) is 11.6 Å². The smallest absolute Gasteiger partial charge is 0.397 e. The summed E-state index contributed by atoms with van der Waals surface area (Å²) in [6, 6.07) is 1.81. The van der Waals surface area contributed by atoms with Crippen LogP contribution in [0.4, 0.5) is 18.9 Å². The zero-order valence-electron chi connectivity index (χ0n) is 17.1. The van der Waals surface area contributed by atoms with Gasteiger partial charge in [0.2, 0.25) is 5.91 Å². The number of anilines is 1. The molecule has 1 atom stereocenters. The first-order valence-electron chi connectivity index (χ1n) is 10.2. The molecule has 2 saturated heterocycles. The molecule has 0 unspecified atom stereocenters. The van der Waals surface area contributed by atoms with Gasteiger partial charge < -0.3 is 21.3 Å². The molecule has 0 saturated carbocycles. The van der Waals surface area contributed by atoms with Gasteiger partial charge in [0.25, 0.3) is 0 Å². The molecule has 2 fully saturated rings. The van der Waals surface area contributed by atoms with E-state index in [-0.39, 0.29) is 22.9 Å². The highest BCUT2D eigenvalue weighted by molar-refractivity contribution is 6.33. The summed E-state index contributed by atoms with van der Waals surface area (Å²) in [6.07, 6.45) is -2.88. The Bertz CT molecular complexity index is 760. The molecular formula is C20H29ClF3N5O. The van der Waals surface area contributed by atoms with Crippen LogP contribution in [0.1, 0.15) is 24.0 Å². The standard InChI is InChI=1S/C20H29ClF3N5O/c1-27-6-8-28(9-7-27)14-2-4-29(5-3-14)19(30)17(25)12-13-10-15(20(22,23)24)18(26)16(21)11-13/h10-11,14,17H,2-9,12,25-26H2,1H3/t17-/m1/s1. The lowest BCUT2D eigenvalue weighted by atomic mass is 9.99. The molecule has 0 radical (unpaired) electrons. The van der Waals surface area contributed by atoms with Crippen molar-refractivity contribution >= 4 is 23.2 Å². The highest BCUT2D eigenvalue weighted by Gasteiger charge is 2.35. The number of piperazine rings is 1. The first-order chi connectivity index (χ1) is 14.1. The lowest BCUT2D eigenvalue weighted by Crippen LogP contribution is -2.54. The summed E-state index contributed by atoms with van der Waals surface area (Å²) in [5.74, 6) is -0.242. The Balaban J connectivity index is 1.57.